The maximum Gasteiger partial charge on any atom is 0.240 e. The monoisotopic (exact) mass is 322 g/mol. The lowest BCUT2D eigenvalue weighted by atomic mass is 10.0. The first-order chi connectivity index (χ1) is 11.5. The highest BCUT2D eigenvalue weighted by molar-refractivity contribution is 6.16. The van der Waals surface area contributed by atoms with Crippen LogP contribution in [0.15, 0.2) is 48.5 Å². The fourth-order valence-corrected chi connectivity index (χ4v) is 2.73. The van der Waals surface area contributed by atoms with E-state index in [1.807, 2.05) is 55.5 Å². The number of anilines is 2. The van der Waals surface area contributed by atoms with Gasteiger partial charge in [-0.25, -0.2) is 0 Å². The number of rotatable bonds is 5. The molecule has 0 atom stereocenters. The van der Waals surface area contributed by atoms with Crippen molar-refractivity contribution in [3.05, 3.63) is 59.7 Å². The zero-order valence-corrected chi connectivity index (χ0v) is 14.1. The van der Waals surface area contributed by atoms with E-state index in [9.17, 15) is 9.59 Å². The van der Waals surface area contributed by atoms with Gasteiger partial charge in [0.1, 0.15) is 5.41 Å². The predicted molar refractivity (Wildman–Crippen MR) is 95.9 cm³/mol. The zero-order valence-electron chi connectivity index (χ0n) is 14.1. The second kappa shape index (κ2) is 6.48. The van der Waals surface area contributed by atoms with Gasteiger partial charge in [-0.1, -0.05) is 31.2 Å². The quantitative estimate of drug-likeness (QED) is 0.820. The van der Waals surface area contributed by atoms with Crippen LogP contribution in [0.5, 0.6) is 0 Å². The lowest BCUT2D eigenvalue weighted by Gasteiger charge is -2.16. The van der Waals surface area contributed by atoms with Crippen molar-refractivity contribution in [2.75, 3.05) is 10.6 Å². The van der Waals surface area contributed by atoms with Crippen LogP contribution in [0.1, 0.15) is 30.9 Å². The van der Waals surface area contributed by atoms with Gasteiger partial charge in [0, 0.05) is 11.4 Å². The molecule has 0 heterocycles. The van der Waals surface area contributed by atoms with Crippen molar-refractivity contribution < 1.29 is 9.59 Å². The van der Waals surface area contributed by atoms with E-state index in [0.29, 0.717) is 12.8 Å². The largest absolute Gasteiger partial charge is 0.325 e. The Labute approximate surface area is 142 Å². The van der Waals surface area contributed by atoms with Gasteiger partial charge in [0.25, 0.3) is 0 Å². The molecule has 0 aromatic heterocycles. The summed E-state index contributed by atoms with van der Waals surface area (Å²) in [6, 6.07) is 15.3. The third kappa shape index (κ3) is 3.32. The summed E-state index contributed by atoms with van der Waals surface area (Å²) in [5, 5.41) is 5.74. The summed E-state index contributed by atoms with van der Waals surface area (Å²) in [6.45, 7) is 4.05. The highest BCUT2D eigenvalue weighted by Gasteiger charge is 2.56. The fourth-order valence-electron chi connectivity index (χ4n) is 2.73. The van der Waals surface area contributed by atoms with E-state index < -0.39 is 5.41 Å². The fraction of sp³-hybridized carbons (Fsp3) is 0.300. The lowest BCUT2D eigenvalue weighted by molar-refractivity contribution is -0.131. The molecule has 3 rings (SSSR count). The van der Waals surface area contributed by atoms with Crippen molar-refractivity contribution in [3.8, 4) is 0 Å². The molecule has 0 bridgehead atoms. The van der Waals surface area contributed by atoms with Crippen molar-refractivity contribution in [1.82, 2.24) is 0 Å². The Kier molecular flexibility index (Phi) is 4.38. The molecule has 1 aliphatic rings. The topological polar surface area (TPSA) is 58.2 Å². The van der Waals surface area contributed by atoms with Gasteiger partial charge in [-0.3, -0.25) is 9.59 Å². The average molecular weight is 322 g/mol. The maximum absolute atomic E-state index is 12.6. The molecule has 0 radical (unpaired) electrons. The molecule has 1 saturated carbocycles. The normalized spacial score (nSPS) is 14.8. The van der Waals surface area contributed by atoms with Crippen LogP contribution in [-0.4, -0.2) is 11.8 Å². The van der Waals surface area contributed by atoms with Crippen LogP contribution in [0.4, 0.5) is 11.4 Å². The third-order valence-corrected chi connectivity index (χ3v) is 4.52. The first kappa shape index (κ1) is 16.2. The molecular weight excluding hydrogens is 300 g/mol. The number of hydrogen-bond donors (Lipinski definition) is 2. The van der Waals surface area contributed by atoms with Crippen molar-refractivity contribution in [2.24, 2.45) is 5.41 Å². The zero-order chi connectivity index (χ0) is 17.2. The standard InChI is InChI=1S/C20H22N2O2/c1-3-15-7-9-16(10-8-15)21-18(23)20(11-12-20)19(24)22-17-6-4-5-14(2)13-17/h4-10,13H,3,11-12H2,1-2H3,(H,21,23)(H,22,24). The first-order valence-corrected chi connectivity index (χ1v) is 8.32. The number of carbonyl (C=O) groups excluding carboxylic acids is 2. The number of benzene rings is 2. The average Bonchev–Trinajstić information content (AvgIpc) is 3.37. The summed E-state index contributed by atoms with van der Waals surface area (Å²) >= 11 is 0. The highest BCUT2D eigenvalue weighted by Crippen LogP contribution is 2.47. The molecule has 1 aliphatic carbocycles. The summed E-state index contributed by atoms with van der Waals surface area (Å²) in [6.07, 6.45) is 2.13. The van der Waals surface area contributed by atoms with Crippen LogP contribution in [-0.2, 0) is 16.0 Å². The van der Waals surface area contributed by atoms with E-state index in [-0.39, 0.29) is 11.8 Å². The molecule has 24 heavy (non-hydrogen) atoms. The van der Waals surface area contributed by atoms with Gasteiger partial charge in [0.15, 0.2) is 0 Å². The molecule has 0 spiro atoms. The van der Waals surface area contributed by atoms with Crippen LogP contribution in [0.25, 0.3) is 0 Å². The van der Waals surface area contributed by atoms with Crippen LogP contribution in [0.2, 0.25) is 0 Å². The van der Waals surface area contributed by atoms with Gasteiger partial charge in [0.05, 0.1) is 0 Å². The number of carbonyl (C=O) groups is 2. The first-order valence-electron chi connectivity index (χ1n) is 8.32. The van der Waals surface area contributed by atoms with Crippen LogP contribution >= 0.6 is 0 Å². The maximum atomic E-state index is 12.6. The Morgan fingerprint density at radius 2 is 1.58 bits per heavy atom. The number of aryl methyl sites for hydroxylation is 2. The van der Waals surface area contributed by atoms with Crippen molar-refractivity contribution >= 4 is 23.2 Å². The van der Waals surface area contributed by atoms with Crippen LogP contribution in [0.3, 0.4) is 0 Å². The molecule has 2 N–H and O–H groups in total. The molecule has 0 saturated heterocycles. The highest BCUT2D eigenvalue weighted by atomic mass is 16.2. The summed E-state index contributed by atoms with van der Waals surface area (Å²) in [5.41, 5.74) is 2.80. The van der Waals surface area contributed by atoms with Crippen LogP contribution < -0.4 is 10.6 Å². The molecule has 0 unspecified atom stereocenters. The third-order valence-electron chi connectivity index (χ3n) is 4.52. The smallest absolute Gasteiger partial charge is 0.240 e. The second-order valence-electron chi connectivity index (χ2n) is 6.41. The number of hydrogen-bond acceptors (Lipinski definition) is 2. The SMILES string of the molecule is CCc1ccc(NC(=O)C2(C(=O)Nc3cccc(C)c3)CC2)cc1. The molecule has 2 aromatic rings. The van der Waals surface area contributed by atoms with Gasteiger partial charge < -0.3 is 10.6 Å². The van der Waals surface area contributed by atoms with Crippen molar-refractivity contribution in [3.63, 3.8) is 0 Å². The molecule has 0 aliphatic heterocycles. The Morgan fingerprint density at radius 1 is 0.958 bits per heavy atom. The molecule has 1 fully saturated rings. The van der Waals surface area contributed by atoms with Gasteiger partial charge >= 0.3 is 0 Å². The Hall–Kier alpha value is -2.62. The molecule has 4 heteroatoms. The van der Waals surface area contributed by atoms with E-state index in [0.717, 1.165) is 23.4 Å². The van der Waals surface area contributed by atoms with Crippen LogP contribution in [0, 0.1) is 12.3 Å². The summed E-state index contributed by atoms with van der Waals surface area (Å²) in [4.78, 5) is 25.1. The van der Waals surface area contributed by atoms with E-state index in [2.05, 4.69) is 17.6 Å². The minimum Gasteiger partial charge on any atom is -0.325 e. The second-order valence-corrected chi connectivity index (χ2v) is 6.41. The minimum absolute atomic E-state index is 0.225. The van der Waals surface area contributed by atoms with E-state index in [1.165, 1.54) is 5.56 Å². The van der Waals surface area contributed by atoms with E-state index in [1.54, 1.807) is 0 Å². The van der Waals surface area contributed by atoms with Gasteiger partial charge in [-0.15, -0.1) is 0 Å². The van der Waals surface area contributed by atoms with Gasteiger partial charge in [-0.2, -0.15) is 0 Å². The van der Waals surface area contributed by atoms with Crippen molar-refractivity contribution in [1.29, 1.82) is 0 Å². The minimum atomic E-state index is -0.937. The summed E-state index contributed by atoms with van der Waals surface area (Å²) in [5.74, 6) is -0.451. The predicted octanol–water partition coefficient (Wildman–Crippen LogP) is 3.91. The number of nitrogens with one attached hydrogen (secondary N) is 2. The Morgan fingerprint density at radius 3 is 2.12 bits per heavy atom. The lowest BCUT2D eigenvalue weighted by Crippen LogP contribution is -2.35. The molecular formula is C20H22N2O2. The van der Waals surface area contributed by atoms with Crippen molar-refractivity contribution in [2.45, 2.75) is 33.1 Å². The molecule has 124 valence electrons. The summed E-state index contributed by atoms with van der Waals surface area (Å²) < 4.78 is 0. The number of amides is 2. The Bertz CT molecular complexity index is 761. The van der Waals surface area contributed by atoms with E-state index in [4.69, 9.17) is 0 Å². The molecule has 2 aromatic carbocycles. The van der Waals surface area contributed by atoms with E-state index >= 15 is 0 Å². The Balaban J connectivity index is 1.68. The molecule has 2 amide bonds. The summed E-state index contributed by atoms with van der Waals surface area (Å²) in [7, 11) is 0. The molecule has 4 nitrogen and oxygen atoms in total. The van der Waals surface area contributed by atoms with Gasteiger partial charge in [-0.05, 0) is 61.6 Å². The van der Waals surface area contributed by atoms with Gasteiger partial charge in [0.2, 0.25) is 11.8 Å².